The third-order valence-corrected chi connectivity index (χ3v) is 3.30. The first-order chi connectivity index (χ1) is 11.6. The number of alkyl carbamates (subject to hydrolysis) is 1. The summed E-state index contributed by atoms with van der Waals surface area (Å²) in [6, 6.07) is 9.20. The van der Waals surface area contributed by atoms with Gasteiger partial charge in [-0.3, -0.25) is 9.69 Å². The van der Waals surface area contributed by atoms with E-state index in [4.69, 9.17) is 9.84 Å². The highest BCUT2D eigenvalue weighted by molar-refractivity contribution is 5.77. The van der Waals surface area contributed by atoms with Gasteiger partial charge in [-0.25, -0.2) is 4.79 Å². The minimum absolute atomic E-state index is 0.0386. The summed E-state index contributed by atoms with van der Waals surface area (Å²) in [5, 5.41) is 11.6. The van der Waals surface area contributed by atoms with Crippen LogP contribution in [0.15, 0.2) is 30.3 Å². The van der Waals surface area contributed by atoms with Crippen LogP contribution in [0.4, 0.5) is 4.79 Å². The van der Waals surface area contributed by atoms with Crippen LogP contribution in [0.3, 0.4) is 0 Å². The average Bonchev–Trinajstić information content (AvgIpc) is 2.44. The Hall–Kier alpha value is -2.41. The van der Waals surface area contributed by atoms with Crippen LogP contribution >= 0.6 is 0 Å². The Kier molecular flexibility index (Phi) is 7.11. The third-order valence-electron chi connectivity index (χ3n) is 3.30. The number of aliphatic carboxylic acids is 1. The van der Waals surface area contributed by atoms with Gasteiger partial charge in [-0.05, 0) is 33.4 Å². The van der Waals surface area contributed by atoms with E-state index in [2.05, 4.69) is 5.32 Å². The van der Waals surface area contributed by atoms with Crippen molar-refractivity contribution in [2.75, 3.05) is 20.1 Å². The van der Waals surface area contributed by atoms with Gasteiger partial charge in [0.2, 0.25) is 0 Å². The first-order valence-corrected chi connectivity index (χ1v) is 7.97. The van der Waals surface area contributed by atoms with E-state index in [1.807, 2.05) is 30.3 Å². The van der Waals surface area contributed by atoms with Crippen molar-refractivity contribution in [1.29, 1.82) is 0 Å². The Balaban J connectivity index is 3.02. The van der Waals surface area contributed by atoms with Crippen LogP contribution in [-0.4, -0.2) is 59.6 Å². The maximum atomic E-state index is 12.2. The molecule has 1 atom stereocenters. The van der Waals surface area contributed by atoms with E-state index in [0.29, 0.717) is 6.29 Å². The molecule has 0 fully saturated rings. The van der Waals surface area contributed by atoms with Gasteiger partial charge in [0.25, 0.3) is 0 Å². The SMILES string of the molecule is CN(CC(=O)O)C[C@@](C=O)(Cc1ccccc1)NC(=O)OC(C)(C)C. The van der Waals surface area contributed by atoms with Gasteiger partial charge in [0.05, 0.1) is 6.54 Å². The fourth-order valence-electron chi connectivity index (χ4n) is 2.48. The number of carbonyl (C=O) groups excluding carboxylic acids is 2. The zero-order valence-electron chi connectivity index (χ0n) is 15.1. The Morgan fingerprint density at radius 2 is 1.84 bits per heavy atom. The second kappa shape index (κ2) is 8.62. The lowest BCUT2D eigenvalue weighted by Gasteiger charge is -2.33. The van der Waals surface area contributed by atoms with Crippen molar-refractivity contribution in [3.05, 3.63) is 35.9 Å². The number of hydrogen-bond donors (Lipinski definition) is 2. The molecule has 7 heteroatoms. The Bertz CT molecular complexity index is 597. The molecular weight excluding hydrogens is 324 g/mol. The van der Waals surface area contributed by atoms with Crippen molar-refractivity contribution >= 4 is 18.3 Å². The Morgan fingerprint density at radius 3 is 2.32 bits per heavy atom. The molecule has 7 nitrogen and oxygen atoms in total. The summed E-state index contributed by atoms with van der Waals surface area (Å²) in [5.74, 6) is -1.01. The fourth-order valence-corrected chi connectivity index (χ4v) is 2.48. The molecule has 138 valence electrons. The van der Waals surface area contributed by atoms with E-state index in [-0.39, 0.29) is 19.5 Å². The molecule has 1 amide bonds. The fraction of sp³-hybridized carbons (Fsp3) is 0.500. The lowest BCUT2D eigenvalue weighted by Crippen LogP contribution is -2.59. The first-order valence-electron chi connectivity index (χ1n) is 7.97. The summed E-state index contributed by atoms with van der Waals surface area (Å²) in [6.45, 7) is 4.96. The van der Waals surface area contributed by atoms with Crippen molar-refractivity contribution in [3.63, 3.8) is 0 Å². The van der Waals surface area contributed by atoms with Gasteiger partial charge in [0, 0.05) is 13.0 Å². The molecule has 0 aliphatic rings. The second-order valence-electron chi connectivity index (χ2n) is 7.13. The monoisotopic (exact) mass is 350 g/mol. The molecule has 0 spiro atoms. The van der Waals surface area contributed by atoms with Crippen LogP contribution in [0.2, 0.25) is 0 Å². The molecule has 0 aromatic heterocycles. The lowest BCUT2D eigenvalue weighted by molar-refractivity contribution is -0.138. The number of amides is 1. The van der Waals surface area contributed by atoms with Gasteiger partial charge < -0.3 is 20.0 Å². The summed E-state index contributed by atoms with van der Waals surface area (Å²) in [6.07, 6.45) is 0.141. The van der Waals surface area contributed by atoms with E-state index in [0.717, 1.165) is 5.56 Å². The highest BCUT2D eigenvalue weighted by Crippen LogP contribution is 2.15. The van der Waals surface area contributed by atoms with E-state index < -0.39 is 23.2 Å². The zero-order valence-corrected chi connectivity index (χ0v) is 15.1. The van der Waals surface area contributed by atoms with E-state index in [9.17, 15) is 14.4 Å². The minimum Gasteiger partial charge on any atom is -0.480 e. The van der Waals surface area contributed by atoms with E-state index >= 15 is 0 Å². The predicted octanol–water partition coefficient (Wildman–Crippen LogP) is 1.71. The largest absolute Gasteiger partial charge is 0.480 e. The molecule has 0 unspecified atom stereocenters. The molecule has 0 radical (unpaired) electrons. The van der Waals surface area contributed by atoms with Crippen LogP contribution in [0, 0.1) is 0 Å². The van der Waals surface area contributed by atoms with Gasteiger partial charge >= 0.3 is 12.1 Å². The highest BCUT2D eigenvalue weighted by atomic mass is 16.6. The van der Waals surface area contributed by atoms with Crippen LogP contribution in [0.1, 0.15) is 26.3 Å². The molecule has 0 saturated carbocycles. The van der Waals surface area contributed by atoms with Gasteiger partial charge in [-0.15, -0.1) is 0 Å². The van der Waals surface area contributed by atoms with E-state index in [1.165, 1.54) is 4.90 Å². The third kappa shape index (κ3) is 7.80. The quantitative estimate of drug-likeness (QED) is 0.693. The highest BCUT2D eigenvalue weighted by Gasteiger charge is 2.35. The zero-order chi connectivity index (χ0) is 19.1. The molecule has 0 aliphatic heterocycles. The first kappa shape index (κ1) is 20.6. The normalized spacial score (nSPS) is 13.8. The summed E-state index contributed by atoms with van der Waals surface area (Å²) in [7, 11) is 1.58. The predicted molar refractivity (Wildman–Crippen MR) is 93.4 cm³/mol. The number of rotatable bonds is 8. The van der Waals surface area contributed by atoms with Gasteiger partial charge in [0.15, 0.2) is 0 Å². The standard InChI is InChI=1S/C18H26N2O5/c1-17(2,3)25-16(24)19-18(13-21,12-20(4)11-15(22)23)10-14-8-6-5-7-9-14/h5-9,13H,10-12H2,1-4H3,(H,19,24)(H,22,23)/t18-/m1/s1. The number of carboxylic acid groups (broad SMARTS) is 1. The molecule has 0 bridgehead atoms. The minimum atomic E-state index is -1.30. The maximum Gasteiger partial charge on any atom is 0.408 e. The van der Waals surface area contributed by atoms with Crippen molar-refractivity contribution < 1.29 is 24.2 Å². The molecule has 2 N–H and O–H groups in total. The number of ether oxygens (including phenoxy) is 1. The van der Waals surface area contributed by atoms with Gasteiger partial charge in [0.1, 0.15) is 17.4 Å². The van der Waals surface area contributed by atoms with Crippen molar-refractivity contribution in [2.45, 2.75) is 38.3 Å². The van der Waals surface area contributed by atoms with Crippen molar-refractivity contribution in [1.82, 2.24) is 10.2 Å². The van der Waals surface area contributed by atoms with Crippen LogP contribution in [-0.2, 0) is 20.7 Å². The van der Waals surface area contributed by atoms with Gasteiger partial charge in [-0.1, -0.05) is 30.3 Å². The molecule has 0 heterocycles. The van der Waals surface area contributed by atoms with Crippen LogP contribution < -0.4 is 5.32 Å². The summed E-state index contributed by atoms with van der Waals surface area (Å²) < 4.78 is 5.25. The number of aldehydes is 1. The maximum absolute atomic E-state index is 12.2. The van der Waals surface area contributed by atoms with Crippen LogP contribution in [0.5, 0.6) is 0 Å². The van der Waals surface area contributed by atoms with Gasteiger partial charge in [-0.2, -0.15) is 0 Å². The molecule has 1 aromatic rings. The molecule has 1 rings (SSSR count). The molecular formula is C18H26N2O5. The number of benzene rings is 1. The number of hydrogen-bond acceptors (Lipinski definition) is 5. The summed E-state index contributed by atoms with van der Waals surface area (Å²) in [4.78, 5) is 36.5. The second-order valence-corrected chi connectivity index (χ2v) is 7.13. The van der Waals surface area contributed by atoms with E-state index in [1.54, 1.807) is 27.8 Å². The molecule has 0 saturated heterocycles. The number of carbonyl (C=O) groups is 3. The summed E-state index contributed by atoms with van der Waals surface area (Å²) in [5.41, 5.74) is -1.17. The van der Waals surface area contributed by atoms with Crippen molar-refractivity contribution in [2.24, 2.45) is 0 Å². The molecule has 25 heavy (non-hydrogen) atoms. The number of carboxylic acids is 1. The molecule has 1 aromatic carbocycles. The van der Waals surface area contributed by atoms with Crippen molar-refractivity contribution in [3.8, 4) is 0 Å². The smallest absolute Gasteiger partial charge is 0.408 e. The Morgan fingerprint density at radius 1 is 1.24 bits per heavy atom. The topological polar surface area (TPSA) is 95.9 Å². The number of likely N-dealkylation sites (N-methyl/N-ethyl adjacent to an activating group) is 1. The Labute approximate surface area is 148 Å². The lowest BCUT2D eigenvalue weighted by atomic mass is 9.91. The van der Waals surface area contributed by atoms with Crippen LogP contribution in [0.25, 0.3) is 0 Å². The molecule has 0 aliphatic carbocycles. The number of nitrogens with zero attached hydrogens (tertiary/aromatic N) is 1. The average molecular weight is 350 g/mol. The summed E-state index contributed by atoms with van der Waals surface area (Å²) >= 11 is 0. The number of nitrogens with one attached hydrogen (secondary N) is 1.